The number of benzene rings is 1. The van der Waals surface area contributed by atoms with Gasteiger partial charge in [0.05, 0.1) is 22.9 Å². The van der Waals surface area contributed by atoms with Crippen molar-refractivity contribution in [3.05, 3.63) is 46.4 Å². The van der Waals surface area contributed by atoms with E-state index in [4.69, 9.17) is 24.5 Å². The molecule has 212 valence electrons. The molecule has 0 amide bonds. The fourth-order valence-corrected chi connectivity index (χ4v) is 4.58. The maximum atomic E-state index is 10.6. The zero-order chi connectivity index (χ0) is 28.6. The first-order valence-corrected chi connectivity index (χ1v) is 12.2. The van der Waals surface area contributed by atoms with Crippen LogP contribution in [0.5, 0.6) is 0 Å². The number of alkyl halides is 6. The number of aromatic nitrogens is 1. The molecule has 1 atom stereocenters. The molecule has 0 saturated carbocycles. The van der Waals surface area contributed by atoms with Gasteiger partial charge in [-0.15, -0.1) is 11.3 Å². The standard InChI is InChI=1S/C19H25N3OS.2C2HF3O2/c1-16-20-17(13-24-16)12-21-10-11-23-19(14-21)8-5-9-22(15-19)18-6-3-2-4-7-18;2*3-2(4,5)1(6)7/h2-4,6-7,13H,5,8-12,14-15H2,1H3;2*(H,6,7). The van der Waals surface area contributed by atoms with Crippen molar-refractivity contribution in [1.82, 2.24) is 9.88 Å². The van der Waals surface area contributed by atoms with Crippen LogP contribution in [0.3, 0.4) is 0 Å². The molecule has 2 aliphatic rings. The minimum atomic E-state index is -5.08. The zero-order valence-electron chi connectivity index (χ0n) is 20.3. The predicted octanol–water partition coefficient (Wildman–Crippen LogP) is 4.59. The largest absolute Gasteiger partial charge is 0.490 e. The lowest BCUT2D eigenvalue weighted by atomic mass is 9.90. The highest BCUT2D eigenvalue weighted by molar-refractivity contribution is 7.09. The molecule has 8 nitrogen and oxygen atoms in total. The normalized spacial score (nSPS) is 20.1. The first-order chi connectivity index (χ1) is 17.6. The highest BCUT2D eigenvalue weighted by atomic mass is 32.1. The van der Waals surface area contributed by atoms with Crippen molar-refractivity contribution in [2.24, 2.45) is 0 Å². The Labute approximate surface area is 218 Å². The van der Waals surface area contributed by atoms with E-state index in [-0.39, 0.29) is 5.60 Å². The summed E-state index contributed by atoms with van der Waals surface area (Å²) in [6.07, 6.45) is -7.82. The molecule has 1 aromatic carbocycles. The molecule has 2 fully saturated rings. The Morgan fingerprint density at radius 2 is 1.61 bits per heavy atom. The Balaban J connectivity index is 0.000000301. The lowest BCUT2D eigenvalue weighted by Gasteiger charge is -2.48. The highest BCUT2D eigenvalue weighted by Crippen LogP contribution is 2.32. The SMILES string of the molecule is Cc1nc(CN2CCOC3(CCCN(c4ccccc4)C3)C2)cs1.O=C(O)C(F)(F)F.O=C(O)C(F)(F)F. The molecule has 15 heteroatoms. The van der Waals surface area contributed by atoms with Crippen molar-refractivity contribution in [2.45, 2.75) is 44.3 Å². The molecule has 0 radical (unpaired) electrons. The van der Waals surface area contributed by atoms with Crippen molar-refractivity contribution >= 4 is 29.0 Å². The number of rotatable bonds is 3. The van der Waals surface area contributed by atoms with E-state index in [1.54, 1.807) is 11.3 Å². The number of hydrogen-bond donors (Lipinski definition) is 2. The van der Waals surface area contributed by atoms with Crippen LogP contribution in [0.2, 0.25) is 0 Å². The Hall–Kier alpha value is -2.91. The Kier molecular flexibility index (Phi) is 10.9. The smallest absolute Gasteiger partial charge is 0.475 e. The fourth-order valence-electron chi connectivity index (χ4n) is 3.97. The number of thiazole rings is 1. The number of carbonyl (C=O) groups is 2. The van der Waals surface area contributed by atoms with Gasteiger partial charge in [-0.1, -0.05) is 18.2 Å². The number of aryl methyl sites for hydroxylation is 1. The summed E-state index contributed by atoms with van der Waals surface area (Å²) in [7, 11) is 0. The van der Waals surface area contributed by atoms with Crippen LogP contribution in [0.4, 0.5) is 32.0 Å². The number of halogens is 6. The van der Waals surface area contributed by atoms with E-state index in [0.717, 1.165) is 50.8 Å². The van der Waals surface area contributed by atoms with Crippen LogP contribution in [0.25, 0.3) is 0 Å². The molecule has 0 aliphatic carbocycles. The molecule has 38 heavy (non-hydrogen) atoms. The summed E-state index contributed by atoms with van der Waals surface area (Å²) < 4.78 is 69.8. The molecule has 1 unspecified atom stereocenters. The van der Waals surface area contributed by atoms with Crippen LogP contribution in [0, 0.1) is 6.92 Å². The van der Waals surface area contributed by atoms with Gasteiger partial charge in [-0.3, -0.25) is 4.90 Å². The number of para-hydroxylation sites is 1. The molecule has 2 aromatic rings. The summed E-state index contributed by atoms with van der Waals surface area (Å²) in [5, 5.41) is 17.6. The summed E-state index contributed by atoms with van der Waals surface area (Å²) in [6.45, 7) is 7.97. The Morgan fingerprint density at radius 3 is 2.11 bits per heavy atom. The molecule has 2 N–H and O–H groups in total. The van der Waals surface area contributed by atoms with Crippen molar-refractivity contribution in [1.29, 1.82) is 0 Å². The number of anilines is 1. The van der Waals surface area contributed by atoms with E-state index in [0.29, 0.717) is 0 Å². The maximum absolute atomic E-state index is 10.6. The van der Waals surface area contributed by atoms with E-state index < -0.39 is 24.3 Å². The van der Waals surface area contributed by atoms with Crippen molar-refractivity contribution in [3.63, 3.8) is 0 Å². The number of morpholine rings is 1. The van der Waals surface area contributed by atoms with Crippen LogP contribution >= 0.6 is 11.3 Å². The number of aliphatic carboxylic acids is 2. The molecule has 2 saturated heterocycles. The zero-order valence-corrected chi connectivity index (χ0v) is 21.1. The number of hydrogen-bond acceptors (Lipinski definition) is 7. The lowest BCUT2D eigenvalue weighted by molar-refractivity contribution is -0.193. The third-order valence-corrected chi connectivity index (χ3v) is 6.35. The number of piperidine rings is 1. The summed E-state index contributed by atoms with van der Waals surface area (Å²) in [5.41, 5.74) is 2.48. The fraction of sp³-hybridized carbons (Fsp3) is 0.522. The first kappa shape index (κ1) is 31.3. The third-order valence-electron chi connectivity index (χ3n) is 5.53. The minimum absolute atomic E-state index is 0.0303. The number of nitrogens with zero attached hydrogens (tertiary/aromatic N) is 3. The summed E-state index contributed by atoms with van der Waals surface area (Å²) >= 11 is 1.74. The maximum Gasteiger partial charge on any atom is 0.490 e. The van der Waals surface area contributed by atoms with Gasteiger partial charge >= 0.3 is 24.3 Å². The first-order valence-electron chi connectivity index (χ1n) is 11.3. The van der Waals surface area contributed by atoms with Gasteiger partial charge < -0.3 is 19.8 Å². The topological polar surface area (TPSA) is 103 Å². The minimum Gasteiger partial charge on any atom is -0.475 e. The van der Waals surface area contributed by atoms with Crippen LogP contribution in [0.15, 0.2) is 35.7 Å². The van der Waals surface area contributed by atoms with Crippen molar-refractivity contribution in [3.8, 4) is 0 Å². The molecule has 1 spiro atoms. The highest BCUT2D eigenvalue weighted by Gasteiger charge is 2.41. The van der Waals surface area contributed by atoms with Crippen molar-refractivity contribution < 1.29 is 50.9 Å². The molecule has 2 aliphatic heterocycles. The Morgan fingerprint density at radius 1 is 1.03 bits per heavy atom. The molecular formula is C23H27F6N3O5S. The van der Waals surface area contributed by atoms with Gasteiger partial charge in [0.25, 0.3) is 0 Å². The second-order valence-corrected chi connectivity index (χ2v) is 9.63. The molecule has 0 bridgehead atoms. The average molecular weight is 572 g/mol. The average Bonchev–Trinajstić information content (AvgIpc) is 3.23. The van der Waals surface area contributed by atoms with Gasteiger partial charge in [0, 0.05) is 43.8 Å². The predicted molar refractivity (Wildman–Crippen MR) is 126 cm³/mol. The monoisotopic (exact) mass is 571 g/mol. The lowest BCUT2D eigenvalue weighted by Crippen LogP contribution is -2.59. The third kappa shape index (κ3) is 10.1. The van der Waals surface area contributed by atoms with E-state index in [1.807, 2.05) is 0 Å². The van der Waals surface area contributed by atoms with Crippen LogP contribution < -0.4 is 4.90 Å². The Bertz CT molecular complexity index is 1020. The van der Waals surface area contributed by atoms with Gasteiger partial charge in [0.1, 0.15) is 0 Å². The van der Waals surface area contributed by atoms with E-state index >= 15 is 0 Å². The van der Waals surface area contributed by atoms with Crippen LogP contribution in [0.1, 0.15) is 23.5 Å². The number of carboxylic acids is 2. The van der Waals surface area contributed by atoms with E-state index in [2.05, 4.69) is 57.4 Å². The van der Waals surface area contributed by atoms with Gasteiger partial charge in [-0.2, -0.15) is 26.3 Å². The van der Waals surface area contributed by atoms with Gasteiger partial charge in [0.2, 0.25) is 0 Å². The van der Waals surface area contributed by atoms with Crippen LogP contribution in [-0.4, -0.2) is 82.8 Å². The quantitative estimate of drug-likeness (QED) is 0.516. The second-order valence-electron chi connectivity index (χ2n) is 8.57. The summed E-state index contributed by atoms with van der Waals surface area (Å²) in [5.74, 6) is -5.51. The van der Waals surface area contributed by atoms with E-state index in [9.17, 15) is 26.3 Å². The van der Waals surface area contributed by atoms with E-state index in [1.165, 1.54) is 17.8 Å². The summed E-state index contributed by atoms with van der Waals surface area (Å²) in [6, 6.07) is 10.7. The molecule has 3 heterocycles. The van der Waals surface area contributed by atoms with Gasteiger partial charge in [0.15, 0.2) is 0 Å². The molecule has 4 rings (SSSR count). The second kappa shape index (κ2) is 13.2. The number of carboxylic acid groups (broad SMARTS) is 2. The number of ether oxygens (including phenoxy) is 1. The van der Waals surface area contributed by atoms with Gasteiger partial charge in [-0.25, -0.2) is 14.6 Å². The molecule has 1 aromatic heterocycles. The molecular weight excluding hydrogens is 544 g/mol. The summed E-state index contributed by atoms with van der Waals surface area (Å²) in [4.78, 5) is 27.4. The van der Waals surface area contributed by atoms with Gasteiger partial charge in [-0.05, 0) is 31.9 Å². The van der Waals surface area contributed by atoms with Crippen LogP contribution in [-0.2, 0) is 20.9 Å². The van der Waals surface area contributed by atoms with Crippen molar-refractivity contribution in [2.75, 3.05) is 37.7 Å².